The number of halogens is 6. The Morgan fingerprint density at radius 2 is 0.787 bits per heavy atom. The monoisotopic (exact) mass is 664 g/mol. The van der Waals surface area contributed by atoms with E-state index < -0.39 is 98.0 Å². The van der Waals surface area contributed by atoms with Gasteiger partial charge in [0.05, 0.1) is 11.1 Å². The van der Waals surface area contributed by atoms with Crippen LogP contribution >= 0.6 is 0 Å². The van der Waals surface area contributed by atoms with Crippen LogP contribution in [-0.2, 0) is 5.41 Å². The maximum Gasteiger partial charge on any atom is 0.411 e. The Morgan fingerprint density at radius 1 is 0.468 bits per heavy atom. The molecule has 0 aromatic heterocycles. The molecular formula is C31H18F6O10. The van der Waals surface area contributed by atoms with E-state index in [0.29, 0.717) is 48.5 Å². The van der Waals surface area contributed by atoms with Gasteiger partial charge < -0.3 is 29.9 Å². The van der Waals surface area contributed by atoms with Gasteiger partial charge in [-0.1, -0.05) is 36.4 Å². The van der Waals surface area contributed by atoms with Gasteiger partial charge in [0.1, 0.15) is 34.1 Å². The largest absolute Gasteiger partial charge is 0.478 e. The molecule has 244 valence electrons. The van der Waals surface area contributed by atoms with Crippen molar-refractivity contribution in [2.24, 2.45) is 0 Å². The summed E-state index contributed by atoms with van der Waals surface area (Å²) in [6, 6.07) is 10.9. The maximum atomic E-state index is 14.6. The number of alkyl halides is 6. The number of rotatable bonds is 10. The lowest BCUT2D eigenvalue weighted by molar-refractivity contribution is -0.288. The first-order valence-corrected chi connectivity index (χ1v) is 12.8. The molecule has 0 unspecified atom stereocenters. The highest BCUT2D eigenvalue weighted by molar-refractivity contribution is 6.04. The van der Waals surface area contributed by atoms with E-state index in [0.717, 1.165) is 36.4 Å². The molecule has 0 fully saturated rings. The van der Waals surface area contributed by atoms with Crippen LogP contribution in [0.5, 0.6) is 23.0 Å². The second kappa shape index (κ2) is 12.4. The van der Waals surface area contributed by atoms with Crippen LogP contribution in [0.4, 0.5) is 26.3 Å². The minimum Gasteiger partial charge on any atom is -0.478 e. The summed E-state index contributed by atoms with van der Waals surface area (Å²) in [6.45, 7) is 0. The Balaban J connectivity index is 1.77. The SMILES string of the molecule is O=C(O)c1cccc(Oc2ccc(C(c3ccc(Oc4cccc(C(=O)O)c4C(=O)O)cc3)(C(F)(F)F)C(F)(F)F)cc2)c1C(=O)O. The van der Waals surface area contributed by atoms with Gasteiger partial charge in [-0.05, 0) is 59.7 Å². The normalized spacial score (nSPS) is 11.9. The lowest BCUT2D eigenvalue weighted by atomic mass is 9.73. The Hall–Kier alpha value is -6.06. The summed E-state index contributed by atoms with van der Waals surface area (Å²) >= 11 is 0. The summed E-state index contributed by atoms with van der Waals surface area (Å²) in [7, 11) is 0. The summed E-state index contributed by atoms with van der Waals surface area (Å²) in [5, 5.41) is 37.4. The van der Waals surface area contributed by atoms with E-state index >= 15 is 0 Å². The molecule has 47 heavy (non-hydrogen) atoms. The van der Waals surface area contributed by atoms with Crippen molar-refractivity contribution in [3.8, 4) is 23.0 Å². The summed E-state index contributed by atoms with van der Waals surface area (Å²) in [6.07, 6.45) is -12.0. The minimum atomic E-state index is -6.01. The van der Waals surface area contributed by atoms with Gasteiger partial charge in [-0.15, -0.1) is 0 Å². The predicted molar refractivity (Wildman–Crippen MR) is 147 cm³/mol. The van der Waals surface area contributed by atoms with Crippen LogP contribution < -0.4 is 9.47 Å². The maximum absolute atomic E-state index is 14.6. The first-order chi connectivity index (χ1) is 21.9. The Kier molecular flexibility index (Phi) is 8.91. The Morgan fingerprint density at radius 3 is 1.04 bits per heavy atom. The van der Waals surface area contributed by atoms with Crippen LogP contribution in [0, 0.1) is 0 Å². The molecule has 0 spiro atoms. The molecule has 4 aromatic carbocycles. The number of carboxylic acids is 4. The van der Waals surface area contributed by atoms with Gasteiger partial charge in [-0.3, -0.25) is 0 Å². The molecule has 0 radical (unpaired) electrons. The molecule has 4 rings (SSSR count). The van der Waals surface area contributed by atoms with Gasteiger partial charge in [-0.25, -0.2) is 19.2 Å². The topological polar surface area (TPSA) is 168 Å². The summed E-state index contributed by atoms with van der Waals surface area (Å²) in [5.74, 6) is -8.62. The van der Waals surface area contributed by atoms with Crippen molar-refractivity contribution in [3.63, 3.8) is 0 Å². The molecule has 4 aromatic rings. The van der Waals surface area contributed by atoms with E-state index in [-0.39, 0.29) is 0 Å². The van der Waals surface area contributed by atoms with Gasteiger partial charge >= 0.3 is 36.2 Å². The zero-order valence-electron chi connectivity index (χ0n) is 23.1. The van der Waals surface area contributed by atoms with Crippen LogP contribution in [0.15, 0.2) is 84.9 Å². The number of hydrogen-bond acceptors (Lipinski definition) is 6. The summed E-state index contributed by atoms with van der Waals surface area (Å²) < 4.78 is 98.5. The fraction of sp³-hybridized carbons (Fsp3) is 0.0968. The van der Waals surface area contributed by atoms with Crippen molar-refractivity contribution in [1.82, 2.24) is 0 Å². The first kappa shape index (κ1) is 33.8. The van der Waals surface area contributed by atoms with Gasteiger partial charge in [0.2, 0.25) is 5.41 Å². The van der Waals surface area contributed by atoms with E-state index in [9.17, 15) is 65.9 Å². The average Bonchev–Trinajstić information content (AvgIpc) is 2.97. The molecule has 0 saturated carbocycles. The molecule has 0 aliphatic rings. The van der Waals surface area contributed by atoms with Gasteiger partial charge in [0, 0.05) is 0 Å². The van der Waals surface area contributed by atoms with Gasteiger partial charge in [-0.2, -0.15) is 26.3 Å². The van der Waals surface area contributed by atoms with Crippen molar-refractivity contribution in [2.75, 3.05) is 0 Å². The molecule has 4 N–H and O–H groups in total. The zero-order valence-corrected chi connectivity index (χ0v) is 23.1. The minimum absolute atomic E-state index is 0.418. The fourth-order valence-electron chi connectivity index (χ4n) is 4.81. The molecule has 0 aliphatic carbocycles. The second-order valence-electron chi connectivity index (χ2n) is 9.58. The molecule has 0 amide bonds. The molecular weight excluding hydrogens is 646 g/mol. The lowest BCUT2D eigenvalue weighted by Gasteiger charge is -2.38. The first-order valence-electron chi connectivity index (χ1n) is 12.8. The second-order valence-corrected chi connectivity index (χ2v) is 9.58. The zero-order chi connectivity index (χ0) is 34.9. The number of aromatic carboxylic acids is 4. The number of carbonyl (C=O) groups is 4. The summed E-state index contributed by atoms with van der Waals surface area (Å²) in [4.78, 5) is 46.2. The third kappa shape index (κ3) is 6.25. The Bertz CT molecular complexity index is 1730. The van der Waals surface area contributed by atoms with Crippen LogP contribution in [0.2, 0.25) is 0 Å². The fourth-order valence-corrected chi connectivity index (χ4v) is 4.81. The van der Waals surface area contributed by atoms with E-state index in [2.05, 4.69) is 0 Å². The van der Waals surface area contributed by atoms with E-state index in [1.807, 2.05) is 0 Å². The number of hydrogen-bond donors (Lipinski definition) is 4. The van der Waals surface area contributed by atoms with Crippen LogP contribution in [0.3, 0.4) is 0 Å². The molecule has 16 heteroatoms. The number of ether oxygens (including phenoxy) is 2. The smallest absolute Gasteiger partial charge is 0.411 e. The van der Waals surface area contributed by atoms with Crippen molar-refractivity contribution in [2.45, 2.75) is 17.8 Å². The van der Waals surface area contributed by atoms with E-state index in [1.54, 1.807) is 0 Å². The van der Waals surface area contributed by atoms with Crippen molar-refractivity contribution in [3.05, 3.63) is 118 Å². The lowest BCUT2D eigenvalue weighted by Crippen LogP contribution is -2.54. The molecule has 0 aliphatic heterocycles. The number of carboxylic acid groups (broad SMARTS) is 4. The third-order valence-corrected chi connectivity index (χ3v) is 6.82. The summed E-state index contributed by atoms with van der Waals surface area (Å²) in [5.41, 5.74) is -10.3. The highest BCUT2D eigenvalue weighted by atomic mass is 19.4. The molecule has 0 bridgehead atoms. The highest BCUT2D eigenvalue weighted by Gasteiger charge is 2.72. The molecule has 10 nitrogen and oxygen atoms in total. The van der Waals surface area contributed by atoms with Crippen LogP contribution in [-0.4, -0.2) is 56.7 Å². The van der Waals surface area contributed by atoms with Crippen LogP contribution in [0.1, 0.15) is 52.6 Å². The molecule has 0 saturated heterocycles. The van der Waals surface area contributed by atoms with Gasteiger partial charge in [0.15, 0.2) is 0 Å². The Labute approximate surface area is 258 Å². The van der Waals surface area contributed by atoms with Crippen molar-refractivity contribution < 1.29 is 75.4 Å². The van der Waals surface area contributed by atoms with Crippen LogP contribution in [0.25, 0.3) is 0 Å². The van der Waals surface area contributed by atoms with Gasteiger partial charge in [0.25, 0.3) is 0 Å². The quantitative estimate of drug-likeness (QED) is 0.125. The number of benzene rings is 4. The van der Waals surface area contributed by atoms with Crippen molar-refractivity contribution in [1.29, 1.82) is 0 Å². The molecule has 0 atom stereocenters. The third-order valence-electron chi connectivity index (χ3n) is 6.82. The molecule has 0 heterocycles. The average molecular weight is 664 g/mol. The highest BCUT2D eigenvalue weighted by Crippen LogP contribution is 2.56. The van der Waals surface area contributed by atoms with Crippen molar-refractivity contribution >= 4 is 23.9 Å². The predicted octanol–water partition coefficient (Wildman–Crippen LogP) is 7.47. The van der Waals surface area contributed by atoms with E-state index in [4.69, 9.17) is 9.47 Å². The van der Waals surface area contributed by atoms with E-state index in [1.165, 1.54) is 0 Å². The standard InChI is InChI=1S/C31H18F6O10/c32-30(33,34)29(31(35,36)37,15-7-11-17(12-8-15)46-21-5-1-3-19(25(38)39)23(21)27(42)43)16-9-13-18(14-10-16)47-22-6-2-4-20(26(40)41)24(22)28(44)45/h1-14H,(H,38,39)(H,40,41)(H,42,43)(H,44,45).